The first-order valence-electron chi connectivity index (χ1n) is 9.46. The first kappa shape index (κ1) is 22.0. The van der Waals surface area contributed by atoms with E-state index < -0.39 is 0 Å². The van der Waals surface area contributed by atoms with Crippen LogP contribution in [0.3, 0.4) is 0 Å². The van der Waals surface area contributed by atoms with Crippen molar-refractivity contribution in [2.24, 2.45) is 0 Å². The van der Waals surface area contributed by atoms with Gasteiger partial charge in [0.15, 0.2) is 0 Å². The van der Waals surface area contributed by atoms with Gasteiger partial charge in [0, 0.05) is 17.6 Å². The molecule has 0 spiro atoms. The number of halogens is 1. The summed E-state index contributed by atoms with van der Waals surface area (Å²) in [5.74, 6) is 0.0508. The Morgan fingerprint density at radius 1 is 1.07 bits per heavy atom. The molecular weight excluding hydrogens is 422 g/mol. The van der Waals surface area contributed by atoms with Gasteiger partial charge < -0.3 is 14.4 Å². The largest absolute Gasteiger partial charge is 0.493 e. The maximum atomic E-state index is 13.3. The lowest BCUT2D eigenvalue weighted by Gasteiger charge is -2.24. The zero-order chi connectivity index (χ0) is 20.4. The fraction of sp³-hybridized carbons (Fsp3) is 0.364. The van der Waals surface area contributed by atoms with Gasteiger partial charge in [0.2, 0.25) is 0 Å². The van der Waals surface area contributed by atoms with Crippen molar-refractivity contribution in [2.45, 2.75) is 33.2 Å². The lowest BCUT2D eigenvalue weighted by molar-refractivity contribution is -0.143. The molecule has 0 aliphatic carbocycles. The molecule has 0 heterocycles. The monoisotopic (exact) mass is 447 g/mol. The predicted octanol–water partition coefficient (Wildman–Crippen LogP) is 4.83. The van der Waals surface area contributed by atoms with E-state index in [0.29, 0.717) is 31.1 Å². The molecule has 2 aromatic carbocycles. The van der Waals surface area contributed by atoms with Crippen LogP contribution >= 0.6 is 15.9 Å². The molecule has 0 unspecified atom stereocenters. The van der Waals surface area contributed by atoms with Crippen LogP contribution in [0.4, 0.5) is 0 Å². The quantitative estimate of drug-likeness (QED) is 0.489. The molecule has 0 N–H and O–H groups in total. The SMILES string of the molecule is CCCOc1ccc(Br)cc1C(=O)N(CCC(=O)OCC)Cc1ccccc1. The number of carbonyl (C=O) groups is 2. The summed E-state index contributed by atoms with van der Waals surface area (Å²) in [5, 5.41) is 0. The number of benzene rings is 2. The minimum Gasteiger partial charge on any atom is -0.493 e. The van der Waals surface area contributed by atoms with Crippen LogP contribution in [-0.4, -0.2) is 36.5 Å². The third-order valence-electron chi connectivity index (χ3n) is 4.03. The Morgan fingerprint density at radius 2 is 1.82 bits per heavy atom. The summed E-state index contributed by atoms with van der Waals surface area (Å²) in [4.78, 5) is 26.8. The molecule has 0 bridgehead atoms. The van der Waals surface area contributed by atoms with Gasteiger partial charge in [0.1, 0.15) is 5.75 Å². The van der Waals surface area contributed by atoms with Crippen LogP contribution in [0.5, 0.6) is 5.75 Å². The van der Waals surface area contributed by atoms with Crippen molar-refractivity contribution in [1.82, 2.24) is 4.90 Å². The second-order valence-electron chi connectivity index (χ2n) is 6.26. The summed E-state index contributed by atoms with van der Waals surface area (Å²) in [5.41, 5.74) is 1.47. The lowest BCUT2D eigenvalue weighted by Crippen LogP contribution is -2.33. The van der Waals surface area contributed by atoms with E-state index in [-0.39, 0.29) is 24.8 Å². The second kappa shape index (κ2) is 11.5. The molecule has 0 saturated heterocycles. The first-order valence-corrected chi connectivity index (χ1v) is 10.3. The van der Waals surface area contributed by atoms with Crippen molar-refractivity contribution >= 4 is 27.8 Å². The van der Waals surface area contributed by atoms with E-state index in [1.807, 2.05) is 43.3 Å². The van der Waals surface area contributed by atoms with Crippen molar-refractivity contribution in [2.75, 3.05) is 19.8 Å². The summed E-state index contributed by atoms with van der Waals surface area (Å²) < 4.78 is 11.6. The standard InChI is InChI=1S/C22H26BrNO4/c1-3-14-28-20-11-10-18(23)15-19(20)22(26)24(13-12-21(25)27-4-2)16-17-8-6-5-7-9-17/h5-11,15H,3-4,12-14,16H2,1-2H3. The summed E-state index contributed by atoms with van der Waals surface area (Å²) in [6, 6.07) is 15.1. The average molecular weight is 448 g/mol. The van der Waals surface area contributed by atoms with E-state index >= 15 is 0 Å². The maximum absolute atomic E-state index is 13.3. The molecule has 0 aliphatic rings. The topological polar surface area (TPSA) is 55.8 Å². The number of hydrogen-bond acceptors (Lipinski definition) is 4. The Labute approximate surface area is 174 Å². The molecule has 0 saturated carbocycles. The average Bonchev–Trinajstić information content (AvgIpc) is 2.70. The number of amides is 1. The summed E-state index contributed by atoms with van der Waals surface area (Å²) >= 11 is 3.43. The van der Waals surface area contributed by atoms with Gasteiger partial charge in [-0.15, -0.1) is 0 Å². The van der Waals surface area contributed by atoms with Crippen molar-refractivity contribution in [3.8, 4) is 5.75 Å². The van der Waals surface area contributed by atoms with Crippen LogP contribution in [0, 0.1) is 0 Å². The van der Waals surface area contributed by atoms with Gasteiger partial charge in [-0.1, -0.05) is 53.2 Å². The van der Waals surface area contributed by atoms with Gasteiger partial charge in [-0.25, -0.2) is 0 Å². The normalized spacial score (nSPS) is 10.4. The highest BCUT2D eigenvalue weighted by Crippen LogP contribution is 2.26. The second-order valence-corrected chi connectivity index (χ2v) is 7.17. The van der Waals surface area contributed by atoms with Gasteiger partial charge in [-0.05, 0) is 37.1 Å². The van der Waals surface area contributed by atoms with Crippen LogP contribution in [0.1, 0.15) is 42.6 Å². The van der Waals surface area contributed by atoms with E-state index in [9.17, 15) is 9.59 Å². The molecule has 5 nitrogen and oxygen atoms in total. The minimum atomic E-state index is -0.315. The van der Waals surface area contributed by atoms with Gasteiger partial charge in [0.25, 0.3) is 5.91 Å². The molecule has 150 valence electrons. The highest BCUT2D eigenvalue weighted by molar-refractivity contribution is 9.10. The smallest absolute Gasteiger partial charge is 0.307 e. The Kier molecular flexibility index (Phi) is 9.01. The first-order chi connectivity index (χ1) is 13.5. The molecule has 0 aliphatic heterocycles. The Balaban J connectivity index is 2.26. The number of rotatable bonds is 10. The van der Waals surface area contributed by atoms with Crippen LogP contribution in [-0.2, 0) is 16.1 Å². The van der Waals surface area contributed by atoms with Gasteiger partial charge >= 0.3 is 5.97 Å². The minimum absolute atomic E-state index is 0.144. The number of esters is 1. The third-order valence-corrected chi connectivity index (χ3v) is 4.52. The lowest BCUT2D eigenvalue weighted by atomic mass is 10.1. The maximum Gasteiger partial charge on any atom is 0.307 e. The number of carbonyl (C=O) groups excluding carboxylic acids is 2. The molecule has 0 aromatic heterocycles. The molecule has 2 rings (SSSR count). The molecule has 0 radical (unpaired) electrons. The van der Waals surface area contributed by atoms with E-state index in [1.54, 1.807) is 24.0 Å². The summed E-state index contributed by atoms with van der Waals surface area (Å²) in [6.07, 6.45) is 0.992. The highest BCUT2D eigenvalue weighted by atomic mass is 79.9. The molecule has 1 amide bonds. The van der Waals surface area contributed by atoms with Crippen LogP contribution < -0.4 is 4.74 Å². The molecule has 0 fully saturated rings. The predicted molar refractivity (Wildman–Crippen MR) is 112 cm³/mol. The fourth-order valence-electron chi connectivity index (χ4n) is 2.69. The molecular formula is C22H26BrNO4. The van der Waals surface area contributed by atoms with Crippen LogP contribution in [0.15, 0.2) is 53.0 Å². The zero-order valence-electron chi connectivity index (χ0n) is 16.3. The molecule has 28 heavy (non-hydrogen) atoms. The molecule has 0 atom stereocenters. The summed E-state index contributed by atoms with van der Waals surface area (Å²) in [7, 11) is 0. The Hall–Kier alpha value is -2.34. The Bertz CT molecular complexity index is 779. The van der Waals surface area contributed by atoms with E-state index in [0.717, 1.165) is 16.5 Å². The van der Waals surface area contributed by atoms with E-state index in [1.165, 1.54) is 0 Å². The zero-order valence-corrected chi connectivity index (χ0v) is 17.9. The van der Waals surface area contributed by atoms with Crippen molar-refractivity contribution in [3.05, 3.63) is 64.1 Å². The van der Waals surface area contributed by atoms with Crippen molar-refractivity contribution in [1.29, 1.82) is 0 Å². The number of nitrogens with zero attached hydrogens (tertiary/aromatic N) is 1. The van der Waals surface area contributed by atoms with Gasteiger partial charge in [-0.3, -0.25) is 9.59 Å². The molecule has 2 aromatic rings. The van der Waals surface area contributed by atoms with Gasteiger partial charge in [0.05, 0.1) is 25.2 Å². The number of hydrogen-bond donors (Lipinski definition) is 0. The van der Waals surface area contributed by atoms with Crippen molar-refractivity contribution < 1.29 is 19.1 Å². The van der Waals surface area contributed by atoms with Crippen molar-refractivity contribution in [3.63, 3.8) is 0 Å². The number of ether oxygens (including phenoxy) is 2. The fourth-order valence-corrected chi connectivity index (χ4v) is 3.05. The van der Waals surface area contributed by atoms with Gasteiger partial charge in [-0.2, -0.15) is 0 Å². The Morgan fingerprint density at radius 3 is 2.50 bits per heavy atom. The molecule has 6 heteroatoms. The summed E-state index contributed by atoms with van der Waals surface area (Å²) in [6.45, 7) is 5.31. The van der Waals surface area contributed by atoms with Crippen LogP contribution in [0.2, 0.25) is 0 Å². The highest BCUT2D eigenvalue weighted by Gasteiger charge is 2.21. The van der Waals surface area contributed by atoms with E-state index in [2.05, 4.69) is 15.9 Å². The third kappa shape index (κ3) is 6.68. The van der Waals surface area contributed by atoms with E-state index in [4.69, 9.17) is 9.47 Å². The van der Waals surface area contributed by atoms with Crippen LogP contribution in [0.25, 0.3) is 0 Å².